The van der Waals surface area contributed by atoms with Crippen molar-refractivity contribution < 1.29 is 9.59 Å². The molecule has 0 radical (unpaired) electrons. The van der Waals surface area contributed by atoms with E-state index in [4.69, 9.17) is 0 Å². The number of rotatable bonds is 8. The summed E-state index contributed by atoms with van der Waals surface area (Å²) in [6, 6.07) is 20.4. The molecule has 0 bridgehead atoms. The van der Waals surface area contributed by atoms with Crippen LogP contribution < -0.4 is 5.32 Å². The largest absolute Gasteiger partial charge is 0.349 e. The average Bonchev–Trinajstić information content (AvgIpc) is 2.87. The summed E-state index contributed by atoms with van der Waals surface area (Å²) in [6.45, 7) is 6.37. The number of benzene rings is 2. The molecule has 1 saturated heterocycles. The Morgan fingerprint density at radius 2 is 1.68 bits per heavy atom. The van der Waals surface area contributed by atoms with Gasteiger partial charge in [0.25, 0.3) is 0 Å². The number of nitrogens with zero attached hydrogens (tertiary/aromatic N) is 1. The summed E-state index contributed by atoms with van der Waals surface area (Å²) in [6.07, 6.45) is 7.65. The molecule has 0 unspecified atom stereocenters. The van der Waals surface area contributed by atoms with Gasteiger partial charge in [0.2, 0.25) is 11.8 Å². The number of fused-ring (bicyclic) bond motifs is 1. The summed E-state index contributed by atoms with van der Waals surface area (Å²) in [5.74, 6) is 0.713. The lowest BCUT2D eigenvalue weighted by atomic mass is 9.71. The molecule has 2 aromatic rings. The van der Waals surface area contributed by atoms with Crippen LogP contribution in [0.15, 0.2) is 72.4 Å². The van der Waals surface area contributed by atoms with Crippen molar-refractivity contribution >= 4 is 11.8 Å². The molecular formula is C30H38N2O2. The second kappa shape index (κ2) is 11.0. The van der Waals surface area contributed by atoms with Gasteiger partial charge in [-0.2, -0.15) is 0 Å². The van der Waals surface area contributed by atoms with Gasteiger partial charge in [0.05, 0.1) is 12.1 Å². The van der Waals surface area contributed by atoms with Gasteiger partial charge in [0.15, 0.2) is 0 Å². The molecule has 4 heteroatoms. The Kier molecular flexibility index (Phi) is 7.87. The lowest BCUT2D eigenvalue weighted by molar-refractivity contribution is -0.135. The smallest absolute Gasteiger partial charge is 0.227 e. The molecule has 4 nitrogen and oxygen atoms in total. The number of carbonyl (C=O) groups excluding carboxylic acids is 2. The Morgan fingerprint density at radius 1 is 1.03 bits per heavy atom. The maximum absolute atomic E-state index is 13.5. The number of hydrogen-bond acceptors (Lipinski definition) is 2. The van der Waals surface area contributed by atoms with E-state index in [0.29, 0.717) is 6.42 Å². The van der Waals surface area contributed by atoms with Crippen LogP contribution in [0, 0.1) is 17.8 Å². The highest BCUT2D eigenvalue weighted by atomic mass is 16.2. The standard InChI is InChI=1S/C30H38N2O2/c1-4-5-12-25-20-28-26(17-18-29(33)32(28)22(3)24-15-10-7-11-16-24)19-27(25)30(34)31-21(2)23-13-8-6-9-14-23/h6-11,13-16,20-22,25-27H,4-5,12,17-19H2,1-3H3,(H,31,34)/t21-,22+,25-,26-,27-/m0/s1. The highest BCUT2D eigenvalue weighted by molar-refractivity contribution is 5.82. The van der Waals surface area contributed by atoms with Crippen LogP contribution in [-0.2, 0) is 9.59 Å². The number of likely N-dealkylation sites (tertiary alicyclic amines) is 1. The molecule has 2 aromatic carbocycles. The number of piperidine rings is 1. The zero-order valence-electron chi connectivity index (χ0n) is 20.7. The molecular weight excluding hydrogens is 420 g/mol. The Bertz CT molecular complexity index is 1000. The molecule has 2 amide bonds. The first-order valence-corrected chi connectivity index (χ1v) is 12.9. The number of allylic oxidation sites excluding steroid dienone is 2. The summed E-state index contributed by atoms with van der Waals surface area (Å²) in [4.78, 5) is 28.6. The zero-order valence-corrected chi connectivity index (χ0v) is 20.7. The zero-order chi connectivity index (χ0) is 24.1. The third kappa shape index (κ3) is 5.27. The molecule has 180 valence electrons. The van der Waals surface area contributed by atoms with E-state index < -0.39 is 0 Å². The molecule has 34 heavy (non-hydrogen) atoms. The van der Waals surface area contributed by atoms with Crippen molar-refractivity contribution in [1.29, 1.82) is 0 Å². The van der Waals surface area contributed by atoms with Crippen LogP contribution >= 0.6 is 0 Å². The van der Waals surface area contributed by atoms with Gasteiger partial charge in [-0.05, 0) is 50.2 Å². The molecule has 4 rings (SSSR count). The Labute approximate surface area is 204 Å². The van der Waals surface area contributed by atoms with Gasteiger partial charge in [0.1, 0.15) is 0 Å². The summed E-state index contributed by atoms with van der Waals surface area (Å²) >= 11 is 0. The van der Waals surface area contributed by atoms with Gasteiger partial charge < -0.3 is 10.2 Å². The van der Waals surface area contributed by atoms with Gasteiger partial charge in [-0.25, -0.2) is 0 Å². The quantitative estimate of drug-likeness (QED) is 0.486. The third-order valence-electron chi connectivity index (χ3n) is 7.67. The molecule has 2 aliphatic rings. The second-order valence-corrected chi connectivity index (χ2v) is 9.97. The van der Waals surface area contributed by atoms with Crippen molar-refractivity contribution in [1.82, 2.24) is 10.2 Å². The van der Waals surface area contributed by atoms with Gasteiger partial charge in [-0.15, -0.1) is 0 Å². The topological polar surface area (TPSA) is 49.4 Å². The van der Waals surface area contributed by atoms with Crippen LogP contribution in [0.5, 0.6) is 0 Å². The van der Waals surface area contributed by atoms with Gasteiger partial charge in [-0.3, -0.25) is 9.59 Å². The average molecular weight is 459 g/mol. The van der Waals surface area contributed by atoms with Gasteiger partial charge in [-0.1, -0.05) is 86.5 Å². The van der Waals surface area contributed by atoms with Crippen molar-refractivity contribution in [2.75, 3.05) is 0 Å². The van der Waals surface area contributed by atoms with Crippen molar-refractivity contribution in [2.45, 2.75) is 71.4 Å². The van der Waals surface area contributed by atoms with Crippen LogP contribution in [-0.4, -0.2) is 16.7 Å². The maximum Gasteiger partial charge on any atom is 0.227 e. The molecule has 1 aliphatic carbocycles. The van der Waals surface area contributed by atoms with Crippen molar-refractivity contribution in [2.24, 2.45) is 17.8 Å². The van der Waals surface area contributed by atoms with Crippen LogP contribution in [0.1, 0.15) is 82.5 Å². The van der Waals surface area contributed by atoms with Crippen LogP contribution in [0.2, 0.25) is 0 Å². The van der Waals surface area contributed by atoms with Crippen molar-refractivity contribution in [3.05, 3.63) is 83.6 Å². The van der Waals surface area contributed by atoms with E-state index in [-0.39, 0.29) is 41.7 Å². The summed E-state index contributed by atoms with van der Waals surface area (Å²) in [7, 11) is 0. The van der Waals surface area contributed by atoms with Crippen LogP contribution in [0.3, 0.4) is 0 Å². The van der Waals surface area contributed by atoms with E-state index in [0.717, 1.165) is 48.9 Å². The Hall–Kier alpha value is -2.88. The SMILES string of the molecule is CCCC[C@H]1C=C2[C@@H](CCC(=O)N2[C@H](C)c2ccccc2)C[C@@H]1C(=O)N[C@@H](C)c1ccccc1. The highest BCUT2D eigenvalue weighted by Crippen LogP contribution is 2.45. The van der Waals surface area contributed by atoms with E-state index in [1.165, 1.54) is 0 Å². The number of nitrogens with one attached hydrogen (secondary N) is 1. The molecule has 1 heterocycles. The molecule has 0 spiro atoms. The molecule has 0 saturated carbocycles. The summed E-state index contributed by atoms with van der Waals surface area (Å²) in [5, 5.41) is 3.29. The second-order valence-electron chi connectivity index (χ2n) is 9.97. The highest BCUT2D eigenvalue weighted by Gasteiger charge is 2.42. The normalized spacial score (nSPS) is 24.1. The number of carbonyl (C=O) groups is 2. The maximum atomic E-state index is 13.5. The fourth-order valence-corrected chi connectivity index (χ4v) is 5.67. The first-order valence-electron chi connectivity index (χ1n) is 12.9. The van der Waals surface area contributed by atoms with Crippen molar-refractivity contribution in [3.63, 3.8) is 0 Å². The molecule has 0 aromatic heterocycles. The van der Waals surface area contributed by atoms with E-state index in [1.807, 2.05) is 41.3 Å². The van der Waals surface area contributed by atoms with Crippen LogP contribution in [0.4, 0.5) is 0 Å². The predicted octanol–water partition coefficient (Wildman–Crippen LogP) is 6.57. The van der Waals surface area contributed by atoms with E-state index in [2.05, 4.69) is 56.4 Å². The van der Waals surface area contributed by atoms with Crippen LogP contribution in [0.25, 0.3) is 0 Å². The Morgan fingerprint density at radius 3 is 2.32 bits per heavy atom. The molecule has 5 atom stereocenters. The molecule has 1 aliphatic heterocycles. The first kappa shape index (κ1) is 24.3. The molecule has 1 N–H and O–H groups in total. The minimum atomic E-state index is -0.0476. The van der Waals surface area contributed by atoms with E-state index >= 15 is 0 Å². The monoisotopic (exact) mass is 458 g/mol. The fraction of sp³-hybridized carbons (Fsp3) is 0.467. The van der Waals surface area contributed by atoms with Gasteiger partial charge in [0, 0.05) is 24.0 Å². The summed E-state index contributed by atoms with van der Waals surface area (Å²) < 4.78 is 0. The van der Waals surface area contributed by atoms with E-state index in [1.54, 1.807) is 0 Å². The lowest BCUT2D eigenvalue weighted by Crippen LogP contribution is -2.46. The number of amides is 2. The number of hydrogen-bond donors (Lipinski definition) is 1. The minimum absolute atomic E-state index is 0.00180. The number of unbranched alkanes of at least 4 members (excludes halogenated alkanes) is 1. The Balaban J connectivity index is 1.59. The van der Waals surface area contributed by atoms with Gasteiger partial charge >= 0.3 is 0 Å². The fourth-order valence-electron chi connectivity index (χ4n) is 5.67. The minimum Gasteiger partial charge on any atom is -0.349 e. The predicted molar refractivity (Wildman–Crippen MR) is 137 cm³/mol. The van der Waals surface area contributed by atoms with E-state index in [9.17, 15) is 9.59 Å². The third-order valence-corrected chi connectivity index (χ3v) is 7.67. The first-order chi connectivity index (χ1) is 16.5. The molecule has 1 fully saturated rings. The summed E-state index contributed by atoms with van der Waals surface area (Å²) in [5.41, 5.74) is 3.42. The van der Waals surface area contributed by atoms with Crippen molar-refractivity contribution in [3.8, 4) is 0 Å². The lowest BCUT2D eigenvalue weighted by Gasteiger charge is -2.45.